The summed E-state index contributed by atoms with van der Waals surface area (Å²) in [6, 6.07) is 5.72. The molecule has 0 saturated heterocycles. The van der Waals surface area contributed by atoms with Crippen LogP contribution in [-0.2, 0) is 0 Å². The highest BCUT2D eigenvalue weighted by Gasteiger charge is 2.10. The predicted octanol–water partition coefficient (Wildman–Crippen LogP) is 3.66. The molecule has 1 rings (SSSR count). The molecule has 0 aliphatic carbocycles. The lowest BCUT2D eigenvalue weighted by Gasteiger charge is -2.12. The molecular weight excluding hydrogens is 198 g/mol. The van der Waals surface area contributed by atoms with Crippen LogP contribution in [0.15, 0.2) is 23.4 Å². The minimum absolute atomic E-state index is 0.418. The van der Waals surface area contributed by atoms with Gasteiger partial charge in [0.05, 0.1) is 6.21 Å². The average molecular weight is 212 g/mol. The SMILES string of the molecule is CCC(C)c1cccc(Cl)c1/C=N/O. The molecule has 1 N–H and O–H groups in total. The molecule has 0 aliphatic rings. The van der Waals surface area contributed by atoms with Crippen LogP contribution in [0.1, 0.15) is 37.3 Å². The number of halogens is 1. The highest BCUT2D eigenvalue weighted by atomic mass is 35.5. The number of hydrogen-bond donors (Lipinski definition) is 1. The van der Waals surface area contributed by atoms with E-state index < -0.39 is 0 Å². The van der Waals surface area contributed by atoms with Gasteiger partial charge in [-0.05, 0) is 24.0 Å². The van der Waals surface area contributed by atoms with E-state index in [0.29, 0.717) is 10.9 Å². The van der Waals surface area contributed by atoms with Crippen molar-refractivity contribution >= 4 is 17.8 Å². The second kappa shape index (κ2) is 5.01. The molecule has 0 aromatic heterocycles. The predicted molar refractivity (Wildman–Crippen MR) is 59.5 cm³/mol. The smallest absolute Gasteiger partial charge is 0.0751 e. The first kappa shape index (κ1) is 11.1. The Hall–Kier alpha value is -1.02. The molecule has 1 aromatic carbocycles. The van der Waals surface area contributed by atoms with Crippen LogP contribution >= 0.6 is 11.6 Å². The Bertz CT molecular complexity index is 336. The van der Waals surface area contributed by atoms with E-state index in [9.17, 15) is 0 Å². The van der Waals surface area contributed by atoms with Crippen molar-refractivity contribution in [3.8, 4) is 0 Å². The number of nitrogens with zero attached hydrogens (tertiary/aromatic N) is 1. The van der Waals surface area contributed by atoms with Crippen LogP contribution in [0.3, 0.4) is 0 Å². The van der Waals surface area contributed by atoms with Crippen molar-refractivity contribution in [2.45, 2.75) is 26.2 Å². The summed E-state index contributed by atoms with van der Waals surface area (Å²) in [6.07, 6.45) is 2.43. The summed E-state index contributed by atoms with van der Waals surface area (Å²) in [6.45, 7) is 4.24. The van der Waals surface area contributed by atoms with Crippen LogP contribution in [0, 0.1) is 0 Å². The van der Waals surface area contributed by atoms with Crippen molar-refractivity contribution in [3.63, 3.8) is 0 Å². The van der Waals surface area contributed by atoms with Gasteiger partial charge in [-0.25, -0.2) is 0 Å². The van der Waals surface area contributed by atoms with Crippen molar-refractivity contribution in [1.82, 2.24) is 0 Å². The fourth-order valence-corrected chi connectivity index (χ4v) is 1.63. The van der Waals surface area contributed by atoms with E-state index in [2.05, 4.69) is 19.0 Å². The largest absolute Gasteiger partial charge is 0.411 e. The summed E-state index contributed by atoms with van der Waals surface area (Å²) >= 11 is 6.01. The van der Waals surface area contributed by atoms with Crippen LogP contribution in [0.4, 0.5) is 0 Å². The molecule has 1 atom stereocenters. The van der Waals surface area contributed by atoms with Crippen molar-refractivity contribution in [2.24, 2.45) is 5.16 Å². The zero-order valence-corrected chi connectivity index (χ0v) is 9.12. The van der Waals surface area contributed by atoms with E-state index in [0.717, 1.165) is 17.5 Å². The highest BCUT2D eigenvalue weighted by molar-refractivity contribution is 6.33. The molecule has 3 heteroatoms. The van der Waals surface area contributed by atoms with E-state index >= 15 is 0 Å². The second-order valence-electron chi connectivity index (χ2n) is 3.30. The summed E-state index contributed by atoms with van der Waals surface area (Å²) in [4.78, 5) is 0. The summed E-state index contributed by atoms with van der Waals surface area (Å²) in [5, 5.41) is 12.2. The molecule has 0 saturated carbocycles. The van der Waals surface area contributed by atoms with Gasteiger partial charge in [0.15, 0.2) is 0 Å². The summed E-state index contributed by atoms with van der Waals surface area (Å²) < 4.78 is 0. The lowest BCUT2D eigenvalue weighted by atomic mass is 9.94. The third-order valence-electron chi connectivity index (χ3n) is 2.42. The van der Waals surface area contributed by atoms with E-state index in [1.54, 1.807) is 6.07 Å². The number of rotatable bonds is 3. The third-order valence-corrected chi connectivity index (χ3v) is 2.75. The first-order chi connectivity index (χ1) is 6.70. The van der Waals surface area contributed by atoms with Crippen molar-refractivity contribution < 1.29 is 5.21 Å². The Morgan fingerprint density at radius 3 is 2.86 bits per heavy atom. The van der Waals surface area contributed by atoms with E-state index in [-0.39, 0.29) is 0 Å². The van der Waals surface area contributed by atoms with Gasteiger partial charge in [-0.15, -0.1) is 0 Å². The van der Waals surface area contributed by atoms with Gasteiger partial charge >= 0.3 is 0 Å². The number of hydrogen-bond acceptors (Lipinski definition) is 2. The van der Waals surface area contributed by atoms with Gasteiger partial charge in [-0.1, -0.05) is 42.7 Å². The zero-order valence-electron chi connectivity index (χ0n) is 8.37. The van der Waals surface area contributed by atoms with E-state index in [4.69, 9.17) is 16.8 Å². The Labute approximate surface area is 89.2 Å². The Morgan fingerprint density at radius 2 is 2.29 bits per heavy atom. The fourth-order valence-electron chi connectivity index (χ4n) is 1.40. The molecular formula is C11H14ClNO. The Balaban J connectivity index is 3.20. The van der Waals surface area contributed by atoms with Gasteiger partial charge in [0.25, 0.3) is 0 Å². The standard InChI is InChI=1S/C11H14ClNO/c1-3-8(2)9-5-4-6-11(12)10(9)7-13-14/h4-8,14H,3H2,1-2H3/b13-7+. The monoisotopic (exact) mass is 211 g/mol. The number of oxime groups is 1. The van der Waals surface area contributed by atoms with Crippen LogP contribution in [0.25, 0.3) is 0 Å². The zero-order chi connectivity index (χ0) is 10.6. The number of benzene rings is 1. The highest BCUT2D eigenvalue weighted by Crippen LogP contribution is 2.26. The molecule has 0 heterocycles. The van der Waals surface area contributed by atoms with E-state index in [1.165, 1.54) is 6.21 Å². The molecule has 1 aromatic rings. The van der Waals surface area contributed by atoms with Gasteiger partial charge in [-0.3, -0.25) is 0 Å². The maximum atomic E-state index is 8.53. The van der Waals surface area contributed by atoms with Gasteiger partial charge < -0.3 is 5.21 Å². The van der Waals surface area contributed by atoms with Crippen LogP contribution in [-0.4, -0.2) is 11.4 Å². The molecule has 0 radical (unpaired) electrons. The van der Waals surface area contributed by atoms with Crippen LogP contribution in [0.2, 0.25) is 5.02 Å². The molecule has 1 unspecified atom stereocenters. The molecule has 0 bridgehead atoms. The lowest BCUT2D eigenvalue weighted by molar-refractivity contribution is 0.322. The fraction of sp³-hybridized carbons (Fsp3) is 0.364. The second-order valence-corrected chi connectivity index (χ2v) is 3.70. The van der Waals surface area contributed by atoms with Crippen molar-refractivity contribution in [2.75, 3.05) is 0 Å². The minimum atomic E-state index is 0.418. The molecule has 0 spiro atoms. The van der Waals surface area contributed by atoms with E-state index in [1.807, 2.05) is 12.1 Å². The topological polar surface area (TPSA) is 32.6 Å². The molecule has 76 valence electrons. The van der Waals surface area contributed by atoms with Gasteiger partial charge in [-0.2, -0.15) is 0 Å². The Kier molecular flexibility index (Phi) is 3.96. The summed E-state index contributed by atoms with van der Waals surface area (Å²) in [7, 11) is 0. The molecule has 0 aliphatic heterocycles. The third kappa shape index (κ3) is 2.26. The van der Waals surface area contributed by atoms with Crippen molar-refractivity contribution in [3.05, 3.63) is 34.3 Å². The normalized spacial score (nSPS) is 13.4. The first-order valence-electron chi connectivity index (χ1n) is 4.66. The van der Waals surface area contributed by atoms with Crippen LogP contribution < -0.4 is 0 Å². The average Bonchev–Trinajstić information content (AvgIpc) is 2.20. The summed E-state index contributed by atoms with van der Waals surface area (Å²) in [5.41, 5.74) is 1.93. The van der Waals surface area contributed by atoms with Crippen LogP contribution in [0.5, 0.6) is 0 Å². The quantitative estimate of drug-likeness (QED) is 0.462. The minimum Gasteiger partial charge on any atom is -0.411 e. The van der Waals surface area contributed by atoms with Gasteiger partial charge in [0.1, 0.15) is 0 Å². The summed E-state index contributed by atoms with van der Waals surface area (Å²) in [5.74, 6) is 0.418. The maximum absolute atomic E-state index is 8.53. The first-order valence-corrected chi connectivity index (χ1v) is 5.04. The molecule has 0 amide bonds. The van der Waals surface area contributed by atoms with Gasteiger partial charge in [0, 0.05) is 10.6 Å². The lowest BCUT2D eigenvalue weighted by Crippen LogP contribution is -1.98. The molecule has 0 fully saturated rings. The maximum Gasteiger partial charge on any atom is 0.0751 e. The van der Waals surface area contributed by atoms with Gasteiger partial charge in [0.2, 0.25) is 0 Å². The molecule has 2 nitrogen and oxygen atoms in total. The Morgan fingerprint density at radius 1 is 1.57 bits per heavy atom. The van der Waals surface area contributed by atoms with Crippen molar-refractivity contribution in [1.29, 1.82) is 0 Å². The molecule has 14 heavy (non-hydrogen) atoms.